The molecule has 1 heterocycles. The maximum atomic E-state index is 4.67. The minimum atomic E-state index is 0.521. The molecule has 0 saturated carbocycles. The molecule has 0 unspecified atom stereocenters. The molecule has 0 radical (unpaired) electrons. The average Bonchev–Trinajstić information content (AvgIpc) is 2.62. The van der Waals surface area contributed by atoms with Gasteiger partial charge in [0.15, 0.2) is 5.96 Å². The van der Waals surface area contributed by atoms with Crippen LogP contribution in [0.15, 0.2) is 41.4 Å². The van der Waals surface area contributed by atoms with Crippen LogP contribution in [0.3, 0.4) is 0 Å². The molecule has 0 aromatic heterocycles. The Morgan fingerprint density at radius 1 is 1.28 bits per heavy atom. The highest BCUT2D eigenvalue weighted by Gasteiger charge is 2.20. The van der Waals surface area contributed by atoms with Crippen LogP contribution in [-0.2, 0) is 6.54 Å². The summed E-state index contributed by atoms with van der Waals surface area (Å²) in [4.78, 5) is 7.24. The lowest BCUT2D eigenvalue weighted by Gasteiger charge is -2.33. The molecule has 1 aliphatic heterocycles. The number of nitrogens with zero attached hydrogens (tertiary/aromatic N) is 2. The van der Waals surface area contributed by atoms with Crippen molar-refractivity contribution in [1.29, 1.82) is 0 Å². The first-order chi connectivity index (χ1) is 12.2. The van der Waals surface area contributed by atoms with Crippen molar-refractivity contribution in [2.75, 3.05) is 26.2 Å². The minimum Gasteiger partial charge on any atom is -0.357 e. The molecule has 0 spiro atoms. The van der Waals surface area contributed by atoms with E-state index in [-0.39, 0.29) is 0 Å². The summed E-state index contributed by atoms with van der Waals surface area (Å²) < 4.78 is 0. The van der Waals surface area contributed by atoms with Crippen molar-refractivity contribution in [2.24, 2.45) is 4.99 Å². The van der Waals surface area contributed by atoms with Crippen LogP contribution in [-0.4, -0.2) is 43.1 Å². The van der Waals surface area contributed by atoms with Crippen LogP contribution >= 0.6 is 0 Å². The smallest absolute Gasteiger partial charge is 0.191 e. The van der Waals surface area contributed by atoms with Crippen molar-refractivity contribution in [1.82, 2.24) is 15.5 Å². The van der Waals surface area contributed by atoms with Crippen molar-refractivity contribution in [2.45, 2.75) is 52.6 Å². The van der Waals surface area contributed by atoms with Crippen molar-refractivity contribution >= 4 is 5.96 Å². The SMILES string of the molecule is C/C=C/CCN=C(NCC)NC1CCN(Cc2ccccc2C)CC1. The largest absolute Gasteiger partial charge is 0.357 e. The van der Waals surface area contributed by atoms with Gasteiger partial charge in [-0.05, 0) is 51.2 Å². The summed E-state index contributed by atoms with van der Waals surface area (Å²) >= 11 is 0. The molecule has 2 N–H and O–H groups in total. The van der Waals surface area contributed by atoms with Crippen LogP contribution in [0.25, 0.3) is 0 Å². The van der Waals surface area contributed by atoms with Crippen LogP contribution in [0.2, 0.25) is 0 Å². The van der Waals surface area contributed by atoms with E-state index < -0.39 is 0 Å². The van der Waals surface area contributed by atoms with Gasteiger partial charge in [-0.3, -0.25) is 9.89 Å². The van der Waals surface area contributed by atoms with E-state index in [1.165, 1.54) is 24.0 Å². The Morgan fingerprint density at radius 3 is 2.72 bits per heavy atom. The summed E-state index contributed by atoms with van der Waals surface area (Å²) in [5.41, 5.74) is 2.85. The normalized spacial score (nSPS) is 17.2. The summed E-state index contributed by atoms with van der Waals surface area (Å²) in [7, 11) is 0. The minimum absolute atomic E-state index is 0.521. The van der Waals surface area contributed by atoms with Gasteiger partial charge in [-0.25, -0.2) is 0 Å². The average molecular weight is 343 g/mol. The monoisotopic (exact) mass is 342 g/mol. The fourth-order valence-corrected chi connectivity index (χ4v) is 3.19. The lowest BCUT2D eigenvalue weighted by molar-refractivity contribution is 0.198. The highest BCUT2D eigenvalue weighted by atomic mass is 15.2. The molecule has 4 heteroatoms. The molecule has 0 atom stereocenters. The predicted octanol–water partition coefficient (Wildman–Crippen LogP) is 3.48. The van der Waals surface area contributed by atoms with Gasteiger partial charge in [-0.1, -0.05) is 36.4 Å². The molecule has 25 heavy (non-hydrogen) atoms. The first kappa shape index (κ1) is 19.5. The molecule has 1 fully saturated rings. The Labute approximate surface area is 153 Å². The summed E-state index contributed by atoms with van der Waals surface area (Å²) in [5.74, 6) is 0.962. The number of hydrogen-bond donors (Lipinski definition) is 2. The molecule has 0 amide bonds. The Bertz CT molecular complexity index is 557. The zero-order valence-corrected chi connectivity index (χ0v) is 16.1. The third kappa shape index (κ3) is 6.91. The van der Waals surface area contributed by atoms with Crippen LogP contribution in [0, 0.1) is 6.92 Å². The Hall–Kier alpha value is -1.81. The molecule has 4 nitrogen and oxygen atoms in total. The third-order valence-electron chi connectivity index (χ3n) is 4.73. The van der Waals surface area contributed by atoms with E-state index in [4.69, 9.17) is 0 Å². The number of piperidine rings is 1. The molecule has 1 aliphatic rings. The van der Waals surface area contributed by atoms with Gasteiger partial charge in [0.05, 0.1) is 0 Å². The number of allylic oxidation sites excluding steroid dienone is 1. The van der Waals surface area contributed by atoms with E-state index in [9.17, 15) is 0 Å². The highest BCUT2D eigenvalue weighted by Crippen LogP contribution is 2.16. The van der Waals surface area contributed by atoms with E-state index in [1.54, 1.807) is 0 Å². The second-order valence-electron chi connectivity index (χ2n) is 6.74. The number of aliphatic imine (C=N–C) groups is 1. The number of hydrogen-bond acceptors (Lipinski definition) is 2. The molecule has 0 bridgehead atoms. The molecule has 138 valence electrons. The quantitative estimate of drug-likeness (QED) is 0.345. The van der Waals surface area contributed by atoms with E-state index in [0.717, 1.165) is 45.1 Å². The molecular formula is C21H34N4. The van der Waals surface area contributed by atoms with E-state index in [1.807, 2.05) is 0 Å². The van der Waals surface area contributed by atoms with Gasteiger partial charge in [0.25, 0.3) is 0 Å². The number of rotatable bonds is 7. The van der Waals surface area contributed by atoms with Crippen molar-refractivity contribution in [3.63, 3.8) is 0 Å². The lowest BCUT2D eigenvalue weighted by atomic mass is 10.0. The van der Waals surface area contributed by atoms with Gasteiger partial charge in [0, 0.05) is 38.8 Å². The number of guanidine groups is 1. The van der Waals surface area contributed by atoms with Gasteiger partial charge in [-0.2, -0.15) is 0 Å². The maximum absolute atomic E-state index is 4.67. The summed E-state index contributed by atoms with van der Waals surface area (Å²) in [6, 6.07) is 9.24. The van der Waals surface area contributed by atoms with Crippen molar-refractivity contribution in [3.05, 3.63) is 47.5 Å². The molecular weight excluding hydrogens is 308 g/mol. The van der Waals surface area contributed by atoms with Gasteiger partial charge >= 0.3 is 0 Å². The Kier molecular flexibility index (Phi) is 8.53. The summed E-state index contributed by atoms with van der Waals surface area (Å²) in [5, 5.41) is 6.98. The fourth-order valence-electron chi connectivity index (χ4n) is 3.19. The standard InChI is InChI=1S/C21H34N4/c1-4-6-9-14-23-21(22-5-2)24-20-12-15-25(16-13-20)17-19-11-8-7-10-18(19)3/h4,6-8,10-11,20H,5,9,12-17H2,1-3H3,(H2,22,23,24)/b6-4+. The van der Waals surface area contributed by atoms with Crippen LogP contribution in [0.4, 0.5) is 0 Å². The number of aryl methyl sites for hydroxylation is 1. The van der Waals surface area contributed by atoms with Crippen LogP contribution < -0.4 is 10.6 Å². The molecule has 1 aromatic rings. The lowest BCUT2D eigenvalue weighted by Crippen LogP contribution is -2.48. The van der Waals surface area contributed by atoms with Crippen LogP contribution in [0.1, 0.15) is 44.2 Å². The van der Waals surface area contributed by atoms with E-state index >= 15 is 0 Å². The second-order valence-corrected chi connectivity index (χ2v) is 6.74. The van der Waals surface area contributed by atoms with E-state index in [2.05, 4.69) is 77.7 Å². The Balaban J connectivity index is 1.79. The van der Waals surface area contributed by atoms with Gasteiger partial charge < -0.3 is 10.6 Å². The Morgan fingerprint density at radius 2 is 2.04 bits per heavy atom. The van der Waals surface area contributed by atoms with Crippen molar-refractivity contribution in [3.8, 4) is 0 Å². The molecule has 2 rings (SSSR count). The maximum Gasteiger partial charge on any atom is 0.191 e. The zero-order valence-electron chi connectivity index (χ0n) is 16.1. The highest BCUT2D eigenvalue weighted by molar-refractivity contribution is 5.80. The predicted molar refractivity (Wildman–Crippen MR) is 108 cm³/mol. The second kappa shape index (κ2) is 10.9. The number of nitrogens with one attached hydrogen (secondary N) is 2. The topological polar surface area (TPSA) is 39.7 Å². The third-order valence-corrected chi connectivity index (χ3v) is 4.73. The zero-order chi connectivity index (χ0) is 17.9. The number of likely N-dealkylation sites (tertiary alicyclic amines) is 1. The van der Waals surface area contributed by atoms with Gasteiger partial charge in [-0.15, -0.1) is 0 Å². The summed E-state index contributed by atoms with van der Waals surface area (Å²) in [6.07, 6.45) is 7.59. The number of benzene rings is 1. The first-order valence-corrected chi connectivity index (χ1v) is 9.65. The van der Waals surface area contributed by atoms with Gasteiger partial charge in [0.2, 0.25) is 0 Å². The van der Waals surface area contributed by atoms with Crippen molar-refractivity contribution < 1.29 is 0 Å². The molecule has 0 aliphatic carbocycles. The van der Waals surface area contributed by atoms with Gasteiger partial charge in [0.1, 0.15) is 0 Å². The summed E-state index contributed by atoms with van der Waals surface area (Å²) in [6.45, 7) is 11.5. The molecule has 1 saturated heterocycles. The molecule has 1 aromatic carbocycles. The fraction of sp³-hybridized carbons (Fsp3) is 0.571. The van der Waals surface area contributed by atoms with Crippen LogP contribution in [0.5, 0.6) is 0 Å². The first-order valence-electron chi connectivity index (χ1n) is 9.65. The van der Waals surface area contributed by atoms with E-state index in [0.29, 0.717) is 6.04 Å².